The van der Waals surface area contributed by atoms with E-state index in [4.69, 9.17) is 5.11 Å². The van der Waals surface area contributed by atoms with Crippen LogP contribution in [0.4, 0.5) is 28.0 Å². The number of alkyl halides is 3. The standard InChI is InChI=1S/C13H16F4N2O2S/c14-11-3-2-9(8-10(11)13(15,16)17)19-12(21)18-4-7-22-6-1-5-20/h2-3,8,20H,1,4-7H2,(H2,18,19,21). The molecule has 0 saturated carbocycles. The molecule has 0 atom stereocenters. The lowest BCUT2D eigenvalue weighted by Crippen LogP contribution is -2.30. The van der Waals surface area contributed by atoms with Crippen molar-refractivity contribution in [1.29, 1.82) is 0 Å². The Labute approximate surface area is 129 Å². The van der Waals surface area contributed by atoms with Gasteiger partial charge in [0.15, 0.2) is 0 Å². The molecule has 124 valence electrons. The molecule has 0 unspecified atom stereocenters. The van der Waals surface area contributed by atoms with Gasteiger partial charge in [0, 0.05) is 24.6 Å². The fourth-order valence-corrected chi connectivity index (χ4v) is 2.28. The van der Waals surface area contributed by atoms with Crippen molar-refractivity contribution in [2.24, 2.45) is 0 Å². The number of hydrogen-bond acceptors (Lipinski definition) is 3. The number of aliphatic hydroxyl groups is 1. The Bertz CT molecular complexity index is 497. The van der Waals surface area contributed by atoms with Crippen molar-refractivity contribution in [3.8, 4) is 0 Å². The summed E-state index contributed by atoms with van der Waals surface area (Å²) in [5, 5.41) is 13.3. The molecule has 0 heterocycles. The zero-order valence-corrected chi connectivity index (χ0v) is 12.4. The third-order valence-corrected chi connectivity index (χ3v) is 3.58. The van der Waals surface area contributed by atoms with E-state index in [1.165, 1.54) is 11.8 Å². The van der Waals surface area contributed by atoms with Crippen LogP contribution in [0.2, 0.25) is 0 Å². The Hall–Kier alpha value is -1.48. The Balaban J connectivity index is 2.45. The van der Waals surface area contributed by atoms with Gasteiger partial charge in [0.05, 0.1) is 5.56 Å². The summed E-state index contributed by atoms with van der Waals surface area (Å²) < 4.78 is 50.7. The number of benzene rings is 1. The number of nitrogens with one attached hydrogen (secondary N) is 2. The predicted molar refractivity (Wildman–Crippen MR) is 77.5 cm³/mol. The zero-order chi connectivity index (χ0) is 16.6. The topological polar surface area (TPSA) is 61.4 Å². The minimum absolute atomic E-state index is 0.104. The SMILES string of the molecule is O=C(NCCSCCCO)Nc1ccc(F)c(C(F)(F)F)c1. The number of aliphatic hydroxyl groups excluding tert-OH is 1. The molecule has 9 heteroatoms. The maximum absolute atomic E-state index is 13.1. The second kappa shape index (κ2) is 8.84. The lowest BCUT2D eigenvalue weighted by molar-refractivity contribution is -0.139. The molecule has 0 fully saturated rings. The van der Waals surface area contributed by atoms with Crippen LogP contribution in [-0.2, 0) is 6.18 Å². The van der Waals surface area contributed by atoms with Crippen LogP contribution in [0.25, 0.3) is 0 Å². The molecular weight excluding hydrogens is 324 g/mol. The lowest BCUT2D eigenvalue weighted by atomic mass is 10.2. The fraction of sp³-hybridized carbons (Fsp3) is 0.462. The van der Waals surface area contributed by atoms with Gasteiger partial charge in [-0.3, -0.25) is 0 Å². The summed E-state index contributed by atoms with van der Waals surface area (Å²) in [5.41, 5.74) is -1.57. The predicted octanol–water partition coefficient (Wildman–Crippen LogP) is 3.08. The molecule has 1 rings (SSSR count). The minimum Gasteiger partial charge on any atom is -0.396 e. The number of carbonyl (C=O) groups is 1. The molecular formula is C13H16F4N2O2S. The van der Waals surface area contributed by atoms with Crippen LogP contribution < -0.4 is 10.6 Å². The second-order valence-electron chi connectivity index (χ2n) is 4.26. The van der Waals surface area contributed by atoms with Crippen molar-refractivity contribution in [3.63, 3.8) is 0 Å². The average molecular weight is 340 g/mol. The molecule has 1 aromatic carbocycles. The van der Waals surface area contributed by atoms with Crippen LogP contribution in [0.1, 0.15) is 12.0 Å². The van der Waals surface area contributed by atoms with Gasteiger partial charge in [0.25, 0.3) is 0 Å². The van der Waals surface area contributed by atoms with E-state index in [0.717, 1.165) is 11.8 Å². The number of carbonyl (C=O) groups excluding carboxylic acids is 1. The normalized spacial score (nSPS) is 11.3. The zero-order valence-electron chi connectivity index (χ0n) is 11.5. The number of thioether (sulfide) groups is 1. The van der Waals surface area contributed by atoms with E-state index in [9.17, 15) is 22.4 Å². The molecule has 1 aromatic rings. The van der Waals surface area contributed by atoms with Crippen molar-refractivity contribution in [2.75, 3.05) is 30.0 Å². The second-order valence-corrected chi connectivity index (χ2v) is 5.49. The van der Waals surface area contributed by atoms with Gasteiger partial charge in [0.2, 0.25) is 0 Å². The Kier molecular flexibility index (Phi) is 7.46. The summed E-state index contributed by atoms with van der Waals surface area (Å²) >= 11 is 1.53. The van der Waals surface area contributed by atoms with Crippen LogP contribution in [0.3, 0.4) is 0 Å². The third kappa shape index (κ3) is 6.52. The van der Waals surface area contributed by atoms with Gasteiger partial charge in [0.1, 0.15) is 5.82 Å². The quantitative estimate of drug-likeness (QED) is 0.528. The van der Waals surface area contributed by atoms with Crippen LogP contribution >= 0.6 is 11.8 Å². The van der Waals surface area contributed by atoms with Gasteiger partial charge >= 0.3 is 12.2 Å². The summed E-state index contributed by atoms with van der Waals surface area (Å²) in [6.07, 6.45) is -4.16. The monoisotopic (exact) mass is 340 g/mol. The van der Waals surface area contributed by atoms with Crippen LogP contribution in [-0.4, -0.2) is 35.8 Å². The molecule has 0 saturated heterocycles. The van der Waals surface area contributed by atoms with E-state index < -0.39 is 23.6 Å². The Morgan fingerprint density at radius 3 is 2.64 bits per heavy atom. The third-order valence-electron chi connectivity index (χ3n) is 2.51. The molecule has 0 radical (unpaired) electrons. The van der Waals surface area contributed by atoms with E-state index in [2.05, 4.69) is 10.6 Å². The van der Waals surface area contributed by atoms with Gasteiger partial charge in [-0.2, -0.15) is 24.9 Å². The highest BCUT2D eigenvalue weighted by Gasteiger charge is 2.34. The molecule has 0 spiro atoms. The van der Waals surface area contributed by atoms with Crippen LogP contribution in [0.5, 0.6) is 0 Å². The molecule has 0 aliphatic rings. The first kappa shape index (κ1) is 18.6. The van der Waals surface area contributed by atoms with E-state index in [1.54, 1.807) is 0 Å². The highest BCUT2D eigenvalue weighted by atomic mass is 32.2. The molecule has 0 bridgehead atoms. The maximum Gasteiger partial charge on any atom is 0.419 e. The minimum atomic E-state index is -4.82. The molecule has 3 N–H and O–H groups in total. The average Bonchev–Trinajstić information content (AvgIpc) is 2.43. The van der Waals surface area contributed by atoms with Crippen LogP contribution in [0, 0.1) is 5.82 Å². The summed E-state index contributed by atoms with van der Waals surface area (Å²) in [6, 6.07) is 1.59. The van der Waals surface area contributed by atoms with Gasteiger partial charge in [-0.25, -0.2) is 9.18 Å². The van der Waals surface area contributed by atoms with Crippen molar-refractivity contribution < 1.29 is 27.5 Å². The van der Waals surface area contributed by atoms with Crippen LogP contribution in [0.15, 0.2) is 18.2 Å². The van der Waals surface area contributed by atoms with Gasteiger partial charge in [-0.15, -0.1) is 0 Å². The van der Waals surface area contributed by atoms with Crippen molar-refractivity contribution in [3.05, 3.63) is 29.6 Å². The molecule has 4 nitrogen and oxygen atoms in total. The number of urea groups is 1. The molecule has 2 amide bonds. The smallest absolute Gasteiger partial charge is 0.396 e. The molecule has 22 heavy (non-hydrogen) atoms. The first-order valence-corrected chi connectivity index (χ1v) is 7.60. The summed E-state index contributed by atoms with van der Waals surface area (Å²) in [6.45, 7) is 0.433. The summed E-state index contributed by atoms with van der Waals surface area (Å²) in [5.74, 6) is -0.0177. The van der Waals surface area contributed by atoms with Crippen molar-refractivity contribution in [2.45, 2.75) is 12.6 Å². The van der Waals surface area contributed by atoms with E-state index in [1.807, 2.05) is 0 Å². The van der Waals surface area contributed by atoms with Gasteiger partial charge in [-0.05, 0) is 30.4 Å². The van der Waals surface area contributed by atoms with Gasteiger partial charge in [-0.1, -0.05) is 0 Å². The van der Waals surface area contributed by atoms with E-state index in [0.29, 0.717) is 30.9 Å². The highest BCUT2D eigenvalue weighted by Crippen LogP contribution is 2.32. The highest BCUT2D eigenvalue weighted by molar-refractivity contribution is 7.99. The molecule has 0 aliphatic carbocycles. The van der Waals surface area contributed by atoms with Gasteiger partial charge < -0.3 is 15.7 Å². The number of hydrogen-bond donors (Lipinski definition) is 3. The molecule has 0 aromatic heterocycles. The maximum atomic E-state index is 13.1. The van der Waals surface area contributed by atoms with Crippen molar-refractivity contribution >= 4 is 23.5 Å². The number of amides is 2. The van der Waals surface area contributed by atoms with Crippen molar-refractivity contribution in [1.82, 2.24) is 5.32 Å². The number of halogens is 4. The molecule has 0 aliphatic heterocycles. The first-order chi connectivity index (χ1) is 10.3. The fourth-order valence-electron chi connectivity index (χ4n) is 1.50. The summed E-state index contributed by atoms with van der Waals surface area (Å²) in [7, 11) is 0. The largest absolute Gasteiger partial charge is 0.419 e. The Morgan fingerprint density at radius 2 is 2.00 bits per heavy atom. The number of anilines is 1. The summed E-state index contributed by atoms with van der Waals surface area (Å²) in [4.78, 5) is 11.5. The Morgan fingerprint density at radius 1 is 1.27 bits per heavy atom. The van der Waals surface area contributed by atoms with E-state index >= 15 is 0 Å². The number of rotatable bonds is 7. The first-order valence-electron chi connectivity index (χ1n) is 6.45. The van der Waals surface area contributed by atoms with E-state index in [-0.39, 0.29) is 12.3 Å². The lowest BCUT2D eigenvalue weighted by Gasteiger charge is -2.11.